The van der Waals surface area contributed by atoms with Crippen LogP contribution < -0.4 is 5.32 Å². The van der Waals surface area contributed by atoms with Gasteiger partial charge < -0.3 is 9.88 Å². The number of nitrogens with one attached hydrogen (secondary N) is 1. The van der Waals surface area contributed by atoms with Gasteiger partial charge in [-0.25, -0.2) is 4.39 Å². The number of fused-ring (bicyclic) bond motifs is 1. The molecule has 0 saturated carbocycles. The fourth-order valence-electron chi connectivity index (χ4n) is 3.28. The summed E-state index contributed by atoms with van der Waals surface area (Å²) in [5, 5.41) is 24.3. The van der Waals surface area contributed by atoms with E-state index in [1.165, 1.54) is 23.5 Å². The number of para-hydroxylation sites is 1. The zero-order chi connectivity index (χ0) is 21.8. The number of hydrogen-bond acceptors (Lipinski definition) is 4. The lowest BCUT2D eigenvalue weighted by Gasteiger charge is -2.05. The van der Waals surface area contributed by atoms with Gasteiger partial charge in [0.2, 0.25) is 0 Å². The molecule has 0 saturated heterocycles. The van der Waals surface area contributed by atoms with Crippen molar-refractivity contribution in [2.45, 2.75) is 6.54 Å². The molecule has 0 bridgehead atoms. The number of benzene rings is 2. The molecule has 0 spiro atoms. The van der Waals surface area contributed by atoms with Crippen molar-refractivity contribution in [1.82, 2.24) is 4.57 Å². The summed E-state index contributed by atoms with van der Waals surface area (Å²) < 4.78 is 15.2. The highest BCUT2D eigenvalue weighted by molar-refractivity contribution is 7.14. The molecule has 4 rings (SSSR count). The Morgan fingerprint density at radius 3 is 2.65 bits per heavy atom. The van der Waals surface area contributed by atoms with Crippen molar-refractivity contribution in [2.24, 2.45) is 0 Å². The van der Waals surface area contributed by atoms with Gasteiger partial charge in [-0.05, 0) is 41.3 Å². The van der Waals surface area contributed by atoms with Crippen molar-refractivity contribution < 1.29 is 9.18 Å². The zero-order valence-electron chi connectivity index (χ0n) is 16.2. The molecule has 4 aromatic rings. The van der Waals surface area contributed by atoms with Gasteiger partial charge in [0.1, 0.15) is 28.5 Å². The lowest BCUT2D eigenvalue weighted by atomic mass is 10.1. The molecule has 0 aliphatic heterocycles. The molecule has 2 aromatic carbocycles. The summed E-state index contributed by atoms with van der Waals surface area (Å²) in [5.41, 5.74) is 2.86. The highest BCUT2D eigenvalue weighted by Crippen LogP contribution is 2.26. The van der Waals surface area contributed by atoms with Crippen molar-refractivity contribution in [1.29, 1.82) is 10.5 Å². The van der Waals surface area contributed by atoms with E-state index < -0.39 is 5.91 Å². The summed E-state index contributed by atoms with van der Waals surface area (Å²) in [4.78, 5) is 12.6. The minimum atomic E-state index is -0.572. The van der Waals surface area contributed by atoms with Gasteiger partial charge >= 0.3 is 0 Å². The van der Waals surface area contributed by atoms with Crippen LogP contribution in [-0.2, 0) is 11.3 Å². The maximum Gasteiger partial charge on any atom is 0.266 e. The number of rotatable bonds is 5. The normalized spacial score (nSPS) is 11.1. The minimum absolute atomic E-state index is 0.0676. The molecular weight excluding hydrogens is 411 g/mol. The van der Waals surface area contributed by atoms with E-state index in [4.69, 9.17) is 5.26 Å². The number of carbonyl (C=O) groups excluding carboxylic acids is 1. The molecule has 2 heterocycles. The smallest absolute Gasteiger partial charge is 0.266 e. The maximum atomic E-state index is 13.2. The van der Waals surface area contributed by atoms with E-state index in [9.17, 15) is 14.4 Å². The van der Waals surface area contributed by atoms with Crippen LogP contribution in [0.1, 0.15) is 16.7 Å². The first-order valence-corrected chi connectivity index (χ1v) is 10.2. The monoisotopic (exact) mass is 426 g/mol. The SMILES string of the molecule is N#CC(=Cc1cn(Cc2ccc(F)cc2)c2ccccc12)C(=O)Nc1sccc1C#N. The van der Waals surface area contributed by atoms with Gasteiger partial charge in [0, 0.05) is 29.2 Å². The number of halogens is 1. The second-order valence-electron chi connectivity index (χ2n) is 6.76. The topological polar surface area (TPSA) is 81.6 Å². The lowest BCUT2D eigenvalue weighted by molar-refractivity contribution is -0.112. The Morgan fingerprint density at radius 2 is 1.90 bits per heavy atom. The Hall–Kier alpha value is -4.20. The molecule has 7 heteroatoms. The number of hydrogen-bond donors (Lipinski definition) is 1. The highest BCUT2D eigenvalue weighted by atomic mass is 32.1. The van der Waals surface area contributed by atoms with Gasteiger partial charge in [-0.1, -0.05) is 30.3 Å². The predicted octanol–water partition coefficient (Wildman–Crippen LogP) is 5.31. The van der Waals surface area contributed by atoms with Gasteiger partial charge in [-0.2, -0.15) is 10.5 Å². The average molecular weight is 426 g/mol. The number of aromatic nitrogens is 1. The number of anilines is 1. The van der Waals surface area contributed by atoms with Crippen LogP contribution >= 0.6 is 11.3 Å². The zero-order valence-corrected chi connectivity index (χ0v) is 17.0. The molecule has 0 radical (unpaired) electrons. The van der Waals surface area contributed by atoms with Crippen LogP contribution in [0.25, 0.3) is 17.0 Å². The molecule has 0 unspecified atom stereocenters. The fourth-order valence-corrected chi connectivity index (χ4v) is 4.01. The predicted molar refractivity (Wildman–Crippen MR) is 119 cm³/mol. The van der Waals surface area contributed by atoms with E-state index in [0.717, 1.165) is 22.0 Å². The molecule has 0 aliphatic rings. The third-order valence-corrected chi connectivity index (χ3v) is 5.59. The van der Waals surface area contributed by atoms with Gasteiger partial charge in [0.25, 0.3) is 5.91 Å². The molecule has 0 fully saturated rings. The molecule has 31 heavy (non-hydrogen) atoms. The van der Waals surface area contributed by atoms with E-state index in [0.29, 0.717) is 17.1 Å². The van der Waals surface area contributed by atoms with Crippen LogP contribution in [0.3, 0.4) is 0 Å². The molecule has 1 N–H and O–H groups in total. The largest absolute Gasteiger partial charge is 0.342 e. The Kier molecular flexibility index (Phi) is 5.61. The second-order valence-corrected chi connectivity index (χ2v) is 7.67. The Bertz CT molecular complexity index is 1380. The van der Waals surface area contributed by atoms with Crippen molar-refractivity contribution >= 4 is 39.2 Å². The minimum Gasteiger partial charge on any atom is -0.342 e. The maximum absolute atomic E-state index is 13.2. The molecule has 150 valence electrons. The van der Waals surface area contributed by atoms with Crippen LogP contribution in [0.2, 0.25) is 0 Å². The van der Waals surface area contributed by atoms with Crippen molar-refractivity contribution in [2.75, 3.05) is 5.32 Å². The number of nitrogens with zero attached hydrogens (tertiary/aromatic N) is 3. The van der Waals surface area contributed by atoms with Crippen molar-refractivity contribution in [3.8, 4) is 12.1 Å². The number of nitriles is 2. The van der Waals surface area contributed by atoms with Gasteiger partial charge in [0.05, 0.1) is 5.56 Å². The first kappa shape index (κ1) is 20.1. The Labute approximate surface area is 181 Å². The van der Waals surface area contributed by atoms with Crippen molar-refractivity contribution in [3.63, 3.8) is 0 Å². The van der Waals surface area contributed by atoms with Crippen LogP contribution in [0.4, 0.5) is 9.39 Å². The molecule has 0 atom stereocenters. The van der Waals surface area contributed by atoms with Gasteiger partial charge in [-0.15, -0.1) is 11.3 Å². The van der Waals surface area contributed by atoms with Crippen LogP contribution in [0, 0.1) is 28.5 Å². The summed E-state index contributed by atoms with van der Waals surface area (Å²) in [6.45, 7) is 0.517. The Morgan fingerprint density at radius 1 is 1.13 bits per heavy atom. The Balaban J connectivity index is 1.69. The van der Waals surface area contributed by atoms with Crippen LogP contribution in [0.15, 0.2) is 71.7 Å². The second kappa shape index (κ2) is 8.66. The van der Waals surface area contributed by atoms with Crippen molar-refractivity contribution in [3.05, 3.63) is 94.3 Å². The van der Waals surface area contributed by atoms with Gasteiger partial charge in [0.15, 0.2) is 0 Å². The molecule has 5 nitrogen and oxygen atoms in total. The standard InChI is InChI=1S/C24H15FN4OS/c25-20-7-5-16(6-8-20)14-29-15-19(21-3-1-2-4-22(21)29)11-18(13-27)23(30)28-24-17(12-26)9-10-31-24/h1-11,15H,14H2,(H,28,30). The molecular formula is C24H15FN4OS. The van der Waals surface area contributed by atoms with Gasteiger partial charge in [-0.3, -0.25) is 4.79 Å². The van der Waals surface area contributed by atoms with Crippen LogP contribution in [0.5, 0.6) is 0 Å². The number of amides is 1. The summed E-state index contributed by atoms with van der Waals surface area (Å²) in [5.74, 6) is -0.864. The summed E-state index contributed by atoms with van der Waals surface area (Å²) in [6, 6.07) is 19.5. The molecule has 1 amide bonds. The third-order valence-electron chi connectivity index (χ3n) is 4.76. The quantitative estimate of drug-likeness (QED) is 0.347. The first-order chi connectivity index (χ1) is 15.1. The van der Waals surface area contributed by atoms with E-state index >= 15 is 0 Å². The number of carbonyl (C=O) groups is 1. The fraction of sp³-hybridized carbons (Fsp3) is 0.0417. The lowest BCUT2D eigenvalue weighted by Crippen LogP contribution is -2.13. The highest BCUT2D eigenvalue weighted by Gasteiger charge is 2.15. The third kappa shape index (κ3) is 4.23. The first-order valence-electron chi connectivity index (χ1n) is 9.32. The summed E-state index contributed by atoms with van der Waals surface area (Å²) >= 11 is 1.22. The van der Waals surface area contributed by atoms with Crippen LogP contribution in [-0.4, -0.2) is 10.5 Å². The number of thiophene rings is 1. The van der Waals surface area contributed by atoms with E-state index in [1.807, 2.05) is 47.2 Å². The average Bonchev–Trinajstić information content (AvgIpc) is 3.38. The van der Waals surface area contributed by atoms with E-state index in [1.54, 1.807) is 29.7 Å². The van der Waals surface area contributed by atoms with E-state index in [2.05, 4.69) is 5.32 Å². The molecule has 2 aromatic heterocycles. The molecule has 0 aliphatic carbocycles. The summed E-state index contributed by atoms with van der Waals surface area (Å²) in [7, 11) is 0. The van der Waals surface area contributed by atoms with E-state index in [-0.39, 0.29) is 11.4 Å². The summed E-state index contributed by atoms with van der Waals surface area (Å²) in [6.07, 6.45) is 3.41.